The smallest absolute Gasteiger partial charge is 0.184 e. The maximum absolute atomic E-state index is 12.5. The fourth-order valence-electron chi connectivity index (χ4n) is 2.40. The Labute approximate surface area is 128 Å². The highest BCUT2D eigenvalue weighted by atomic mass is 32.1. The Morgan fingerprint density at radius 3 is 2.48 bits per heavy atom. The van der Waals surface area contributed by atoms with Crippen molar-refractivity contribution < 1.29 is 9.21 Å². The topological polar surface area (TPSA) is 35.1 Å². The van der Waals surface area contributed by atoms with Gasteiger partial charge >= 0.3 is 0 Å². The monoisotopic (exact) mass is 301 g/mol. The Morgan fingerprint density at radius 1 is 1.24 bits per heavy atom. The van der Waals surface area contributed by atoms with Crippen LogP contribution in [0.2, 0.25) is 0 Å². The summed E-state index contributed by atoms with van der Waals surface area (Å²) in [5.41, 5.74) is 2.04. The Kier molecular flexibility index (Phi) is 3.10. The zero-order valence-corrected chi connectivity index (χ0v) is 13.8. The van der Waals surface area contributed by atoms with Gasteiger partial charge in [0.25, 0.3) is 0 Å². The van der Waals surface area contributed by atoms with Crippen molar-refractivity contribution in [1.29, 1.82) is 0 Å². The quantitative estimate of drug-likeness (QED) is 0.622. The van der Waals surface area contributed by atoms with Crippen LogP contribution in [0, 0.1) is 12.3 Å². The van der Waals surface area contributed by atoms with E-state index < -0.39 is 5.41 Å². The summed E-state index contributed by atoms with van der Waals surface area (Å²) in [7, 11) is 1.92. The van der Waals surface area contributed by atoms with Gasteiger partial charge in [0.05, 0.1) is 16.1 Å². The molecule has 0 N–H and O–H groups in total. The van der Waals surface area contributed by atoms with Crippen LogP contribution >= 0.6 is 11.3 Å². The van der Waals surface area contributed by atoms with Gasteiger partial charge in [-0.25, -0.2) is 0 Å². The van der Waals surface area contributed by atoms with Gasteiger partial charge in [-0.3, -0.25) is 4.79 Å². The number of hydrogen-bond donors (Lipinski definition) is 0. The molecule has 3 aromatic heterocycles. The largest absolute Gasteiger partial charge is 0.454 e. The van der Waals surface area contributed by atoms with Gasteiger partial charge in [0.1, 0.15) is 5.76 Å². The average Bonchev–Trinajstić information content (AvgIpc) is 3.04. The van der Waals surface area contributed by atoms with E-state index >= 15 is 0 Å². The summed E-state index contributed by atoms with van der Waals surface area (Å²) in [5.74, 6) is 0.994. The van der Waals surface area contributed by atoms with Crippen molar-refractivity contribution >= 4 is 28.2 Å². The predicted molar refractivity (Wildman–Crippen MR) is 87.0 cm³/mol. The molecule has 0 aromatic carbocycles. The number of furan rings is 1. The fourth-order valence-corrected chi connectivity index (χ4v) is 3.22. The molecule has 4 heteroatoms. The highest BCUT2D eigenvalue weighted by Crippen LogP contribution is 2.34. The number of thiophene rings is 1. The van der Waals surface area contributed by atoms with Crippen molar-refractivity contribution in [2.24, 2.45) is 12.5 Å². The minimum atomic E-state index is -0.392. The van der Waals surface area contributed by atoms with Gasteiger partial charge in [-0.1, -0.05) is 20.8 Å². The van der Waals surface area contributed by atoms with Crippen LogP contribution in [0.3, 0.4) is 0 Å². The Hall–Kier alpha value is -1.81. The highest BCUT2D eigenvalue weighted by molar-refractivity contribution is 7.15. The molecule has 0 fully saturated rings. The number of carbonyl (C=O) groups is 1. The molecule has 0 amide bonds. The van der Waals surface area contributed by atoms with Gasteiger partial charge in [-0.15, -0.1) is 11.3 Å². The van der Waals surface area contributed by atoms with Gasteiger partial charge in [-0.2, -0.15) is 0 Å². The minimum absolute atomic E-state index is 0.130. The Bertz CT molecular complexity index is 827. The molecule has 0 unspecified atom stereocenters. The van der Waals surface area contributed by atoms with Crippen LogP contribution in [0.15, 0.2) is 28.7 Å². The van der Waals surface area contributed by atoms with E-state index in [4.69, 9.17) is 4.42 Å². The summed E-state index contributed by atoms with van der Waals surface area (Å²) in [4.78, 5) is 14.8. The lowest BCUT2D eigenvalue weighted by atomic mass is 9.89. The molecule has 3 rings (SSSR count). The van der Waals surface area contributed by atoms with E-state index in [0.717, 1.165) is 21.7 Å². The third-order valence-corrected chi connectivity index (χ3v) is 4.64. The lowest BCUT2D eigenvalue weighted by Crippen LogP contribution is -2.22. The van der Waals surface area contributed by atoms with E-state index in [1.165, 1.54) is 4.88 Å². The molecule has 0 atom stereocenters. The maximum atomic E-state index is 12.5. The van der Waals surface area contributed by atoms with Crippen molar-refractivity contribution in [3.05, 3.63) is 34.8 Å². The molecule has 0 aliphatic rings. The lowest BCUT2D eigenvalue weighted by Gasteiger charge is -2.16. The van der Waals surface area contributed by atoms with Crippen LogP contribution in [0.1, 0.15) is 36.1 Å². The first-order chi connectivity index (χ1) is 9.77. The third kappa shape index (κ3) is 2.33. The first-order valence-electron chi connectivity index (χ1n) is 6.98. The summed E-state index contributed by atoms with van der Waals surface area (Å²) in [6, 6.07) is 8.02. The SMILES string of the molecule is Cc1ccc(-c2cc3c(cc(C(=O)C(C)(C)C)n3C)o2)s1. The van der Waals surface area contributed by atoms with E-state index in [1.807, 2.05) is 44.5 Å². The molecule has 110 valence electrons. The number of aromatic nitrogens is 1. The van der Waals surface area contributed by atoms with Gasteiger partial charge in [0, 0.05) is 29.5 Å². The van der Waals surface area contributed by atoms with Crippen LogP contribution < -0.4 is 0 Å². The Balaban J connectivity index is 2.08. The molecule has 3 aromatic rings. The van der Waals surface area contributed by atoms with Crippen LogP contribution in [0.5, 0.6) is 0 Å². The van der Waals surface area contributed by atoms with Crippen molar-refractivity contribution in [3.63, 3.8) is 0 Å². The molecule has 0 aliphatic carbocycles. The molecule has 0 radical (unpaired) electrons. The first kappa shape index (κ1) is 14.1. The number of carbonyl (C=O) groups excluding carboxylic acids is 1. The number of aryl methyl sites for hydroxylation is 2. The summed E-state index contributed by atoms with van der Waals surface area (Å²) >= 11 is 1.71. The summed E-state index contributed by atoms with van der Waals surface area (Å²) < 4.78 is 7.86. The normalized spacial score (nSPS) is 12.2. The lowest BCUT2D eigenvalue weighted by molar-refractivity contribution is 0.0850. The van der Waals surface area contributed by atoms with Crippen LogP contribution in [0.4, 0.5) is 0 Å². The van der Waals surface area contributed by atoms with Crippen LogP contribution in [-0.2, 0) is 7.05 Å². The number of hydrogen-bond acceptors (Lipinski definition) is 3. The predicted octanol–water partition coefficient (Wildman–Crippen LogP) is 5.04. The number of nitrogens with zero attached hydrogens (tertiary/aromatic N) is 1. The van der Waals surface area contributed by atoms with Crippen molar-refractivity contribution in [2.45, 2.75) is 27.7 Å². The number of ketones is 1. The number of fused-ring (bicyclic) bond motifs is 1. The van der Waals surface area contributed by atoms with Crippen molar-refractivity contribution in [3.8, 4) is 10.6 Å². The molecule has 21 heavy (non-hydrogen) atoms. The van der Waals surface area contributed by atoms with Crippen molar-refractivity contribution in [1.82, 2.24) is 4.57 Å². The van der Waals surface area contributed by atoms with Gasteiger partial charge in [0.2, 0.25) is 0 Å². The second-order valence-electron chi connectivity index (χ2n) is 6.44. The second kappa shape index (κ2) is 4.60. The first-order valence-corrected chi connectivity index (χ1v) is 7.80. The van der Waals surface area contributed by atoms with E-state index in [9.17, 15) is 4.79 Å². The molecule has 0 aliphatic heterocycles. The van der Waals surface area contributed by atoms with Crippen LogP contribution in [0.25, 0.3) is 21.7 Å². The standard InChI is InChI=1S/C17H19NO2S/c1-10-6-7-15(21-10)14-8-11-13(20-14)9-12(18(11)5)16(19)17(2,3)4/h6-9H,1-5H3. The summed E-state index contributed by atoms with van der Waals surface area (Å²) in [6.45, 7) is 7.88. The molecule has 0 saturated carbocycles. The average molecular weight is 301 g/mol. The van der Waals surface area contributed by atoms with Gasteiger partial charge < -0.3 is 8.98 Å². The summed E-state index contributed by atoms with van der Waals surface area (Å²) in [5, 5.41) is 0. The van der Waals surface area contributed by atoms with E-state index in [0.29, 0.717) is 5.69 Å². The van der Waals surface area contributed by atoms with Crippen molar-refractivity contribution in [2.75, 3.05) is 0 Å². The van der Waals surface area contributed by atoms with E-state index in [1.54, 1.807) is 11.3 Å². The molecule has 3 heterocycles. The zero-order chi connectivity index (χ0) is 15.4. The van der Waals surface area contributed by atoms with E-state index in [-0.39, 0.29) is 5.78 Å². The molecule has 0 bridgehead atoms. The highest BCUT2D eigenvalue weighted by Gasteiger charge is 2.27. The zero-order valence-electron chi connectivity index (χ0n) is 13.0. The van der Waals surface area contributed by atoms with E-state index in [2.05, 4.69) is 19.1 Å². The van der Waals surface area contributed by atoms with Crippen LogP contribution in [-0.4, -0.2) is 10.4 Å². The second-order valence-corrected chi connectivity index (χ2v) is 7.73. The molecule has 0 spiro atoms. The van der Waals surface area contributed by atoms with Gasteiger partial charge in [-0.05, 0) is 19.1 Å². The molecule has 3 nitrogen and oxygen atoms in total. The number of Topliss-reactive ketones (excluding diaryl/α,β-unsaturated/α-hetero) is 1. The Morgan fingerprint density at radius 2 is 1.95 bits per heavy atom. The molecular formula is C17H19NO2S. The third-order valence-electron chi connectivity index (χ3n) is 3.63. The minimum Gasteiger partial charge on any atom is -0.454 e. The molecule has 0 saturated heterocycles. The van der Waals surface area contributed by atoms with Gasteiger partial charge in [0.15, 0.2) is 11.4 Å². The molecular weight excluding hydrogens is 282 g/mol. The summed E-state index contributed by atoms with van der Waals surface area (Å²) in [6.07, 6.45) is 0. The number of rotatable bonds is 2. The fraction of sp³-hybridized carbons (Fsp3) is 0.353. The maximum Gasteiger partial charge on any atom is 0.184 e.